The first-order valence-electron chi connectivity index (χ1n) is 23.1. The number of quaternary nitrogens is 1. The summed E-state index contributed by atoms with van der Waals surface area (Å²) in [6.07, 6.45) is 49.0. The number of carbonyl (C=O) groups excluding carboxylic acids is 1. The molecule has 1 unspecified atom stereocenters. The Bertz CT molecular complexity index is 856. The van der Waals surface area contributed by atoms with Gasteiger partial charge in [-0.05, 0) is 19.3 Å². The quantitative estimate of drug-likeness (QED) is 0.0364. The van der Waals surface area contributed by atoms with Gasteiger partial charge in [0, 0.05) is 12.5 Å². The highest BCUT2D eigenvalue weighted by Crippen LogP contribution is 2.30. The molecule has 0 aliphatic heterocycles. The number of aliphatic carboxylic acids is 1. The molecule has 0 heterocycles. The molecule has 0 saturated heterocycles. The van der Waals surface area contributed by atoms with Crippen LogP contribution in [0.4, 0.5) is 0 Å². The largest absolute Gasteiger partial charge is 0.543 e. The van der Waals surface area contributed by atoms with Crippen molar-refractivity contribution >= 4 is 16.1 Å². The van der Waals surface area contributed by atoms with Gasteiger partial charge in [0.1, 0.15) is 5.97 Å². The molecule has 0 aliphatic rings. The minimum absolute atomic E-state index is 0.197. The number of carboxylic acids is 1. The van der Waals surface area contributed by atoms with E-state index in [4.69, 9.17) is 10.3 Å². The Kier molecular flexibility index (Phi) is 37.9. The van der Waals surface area contributed by atoms with Crippen molar-refractivity contribution in [2.75, 3.05) is 21.1 Å². The molecule has 7 nitrogen and oxygen atoms in total. The number of nitrogens with two attached hydrogens (primary N) is 1. The Hall–Kier alpha value is -0.700. The van der Waals surface area contributed by atoms with E-state index >= 15 is 0 Å². The fourth-order valence-electron chi connectivity index (χ4n) is 7.68. The predicted octanol–water partition coefficient (Wildman–Crippen LogP) is 12.4. The van der Waals surface area contributed by atoms with Crippen LogP contribution in [0.25, 0.3) is 0 Å². The van der Waals surface area contributed by atoms with Gasteiger partial charge in [-0.25, -0.2) is 0 Å². The van der Waals surface area contributed by atoms with Crippen molar-refractivity contribution in [3.8, 4) is 0 Å². The molecule has 0 radical (unpaired) electrons. The molecule has 0 saturated carbocycles. The summed E-state index contributed by atoms with van der Waals surface area (Å²) < 4.78 is 31.2. The zero-order valence-corrected chi connectivity index (χ0v) is 37.4. The van der Waals surface area contributed by atoms with Crippen molar-refractivity contribution in [3.63, 3.8) is 0 Å². The number of likely N-dealkylation sites (N-methyl/N-ethyl adjacent to an activating group) is 1. The van der Waals surface area contributed by atoms with Gasteiger partial charge in [-0.2, -0.15) is 8.42 Å². The van der Waals surface area contributed by atoms with E-state index in [0.717, 1.165) is 0 Å². The Morgan fingerprint density at radius 1 is 0.509 bits per heavy atom. The average Bonchev–Trinajstić information content (AvgIpc) is 3.09. The van der Waals surface area contributed by atoms with Gasteiger partial charge in [0.05, 0.1) is 21.1 Å². The predicted molar refractivity (Wildman–Crippen MR) is 229 cm³/mol. The minimum atomic E-state index is -4.74. The van der Waals surface area contributed by atoms with Gasteiger partial charge in [-0.3, -0.25) is 4.55 Å². The van der Waals surface area contributed by atoms with Gasteiger partial charge in [0.25, 0.3) is 4.87 Å². The number of carboxylic acid groups (broad SMARTS) is 1. The van der Waals surface area contributed by atoms with Crippen LogP contribution >= 0.6 is 0 Å². The lowest BCUT2D eigenvalue weighted by Gasteiger charge is -2.43. The first-order valence-corrected chi connectivity index (χ1v) is 24.5. The van der Waals surface area contributed by atoms with E-state index in [-0.39, 0.29) is 6.42 Å². The van der Waals surface area contributed by atoms with Crippen LogP contribution in [0.3, 0.4) is 0 Å². The molecule has 0 rings (SSSR count). The Balaban J connectivity index is 0. The molecular weight excluding hydrogens is 681 g/mol. The van der Waals surface area contributed by atoms with Gasteiger partial charge in [0.15, 0.2) is 0 Å². The summed E-state index contributed by atoms with van der Waals surface area (Å²) in [5.74, 6) is -1.78. The highest BCUT2D eigenvalue weighted by molar-refractivity contribution is 7.87. The molecule has 1 atom stereocenters. The third-order valence-electron chi connectivity index (χ3n) is 11.3. The average molecular weight is 775 g/mol. The summed E-state index contributed by atoms with van der Waals surface area (Å²) in [6, 6.07) is 0.466. The molecule has 0 fully saturated rings. The normalized spacial score (nSPS) is 13.2. The van der Waals surface area contributed by atoms with Gasteiger partial charge in [-0.15, -0.1) is 0 Å². The summed E-state index contributed by atoms with van der Waals surface area (Å²) in [4.78, 5) is 8.74. The fraction of sp³-hybridized carbons (Fsp3) is 0.978. The van der Waals surface area contributed by atoms with Crippen molar-refractivity contribution in [1.82, 2.24) is 0 Å². The van der Waals surface area contributed by atoms with Crippen LogP contribution in [0, 0.1) is 0 Å². The van der Waals surface area contributed by atoms with Gasteiger partial charge < -0.3 is 20.1 Å². The van der Waals surface area contributed by atoms with E-state index in [1.54, 1.807) is 6.92 Å². The van der Waals surface area contributed by atoms with Crippen molar-refractivity contribution in [1.29, 1.82) is 0 Å². The van der Waals surface area contributed by atoms with Crippen LogP contribution < -0.4 is 10.8 Å². The maximum Gasteiger partial charge on any atom is 0.328 e. The fourth-order valence-corrected chi connectivity index (χ4v) is 9.05. The van der Waals surface area contributed by atoms with Crippen LogP contribution in [-0.4, -0.2) is 55.5 Å². The zero-order valence-electron chi connectivity index (χ0n) is 36.5. The van der Waals surface area contributed by atoms with Gasteiger partial charge >= 0.3 is 10.1 Å². The van der Waals surface area contributed by atoms with E-state index < -0.39 is 25.4 Å². The highest BCUT2D eigenvalue weighted by atomic mass is 32.2. The van der Waals surface area contributed by atoms with Crippen molar-refractivity contribution in [2.24, 2.45) is 5.73 Å². The maximum absolute atomic E-state index is 11.3. The first-order chi connectivity index (χ1) is 25.3. The topological polar surface area (TPSA) is 121 Å². The van der Waals surface area contributed by atoms with E-state index in [9.17, 15) is 18.3 Å². The summed E-state index contributed by atoms with van der Waals surface area (Å²) in [6.45, 7) is 6.25. The van der Waals surface area contributed by atoms with E-state index in [1.165, 1.54) is 239 Å². The summed E-state index contributed by atoms with van der Waals surface area (Å²) in [5, 5.41) is 11.0. The number of rotatable bonds is 39. The van der Waals surface area contributed by atoms with E-state index in [2.05, 4.69) is 13.8 Å². The minimum Gasteiger partial charge on any atom is -0.543 e. The Morgan fingerprint density at radius 2 is 0.736 bits per heavy atom. The van der Waals surface area contributed by atoms with Crippen molar-refractivity contribution < 1.29 is 27.4 Å². The lowest BCUT2D eigenvalue weighted by atomic mass is 10.00. The zero-order chi connectivity index (χ0) is 40.1. The van der Waals surface area contributed by atoms with E-state index in [1.807, 2.05) is 0 Å². The molecule has 0 aliphatic carbocycles. The Labute approximate surface area is 332 Å². The first kappa shape index (κ1) is 54.4. The lowest BCUT2D eigenvalue weighted by molar-refractivity contribution is -0.901. The molecule has 8 heteroatoms. The number of hydrogen-bond donors (Lipinski definition) is 2. The summed E-state index contributed by atoms with van der Waals surface area (Å²) in [5.41, 5.74) is 6.39. The summed E-state index contributed by atoms with van der Waals surface area (Å²) in [7, 11) is -0.571. The van der Waals surface area contributed by atoms with Gasteiger partial charge in [-0.1, -0.05) is 226 Å². The SMILES string of the molecule is CCCC(C(=O)[O-])([N+](C)(C)C)S(=O)(=O)O.CCCCCCCCCCCCCCCCCCC(N)CCCCCCCCCCCCCCCCCC. The molecule has 0 aromatic carbocycles. The van der Waals surface area contributed by atoms with Crippen molar-refractivity contribution in [2.45, 2.75) is 263 Å². The second-order valence-corrected chi connectivity index (χ2v) is 18.9. The molecule has 0 bridgehead atoms. The molecule has 320 valence electrons. The van der Waals surface area contributed by atoms with Crippen LogP contribution in [0.2, 0.25) is 0 Å². The second kappa shape index (κ2) is 36.9. The van der Waals surface area contributed by atoms with Gasteiger partial charge in [0.2, 0.25) is 0 Å². The molecule has 0 amide bonds. The van der Waals surface area contributed by atoms with Crippen molar-refractivity contribution in [3.05, 3.63) is 0 Å². The van der Waals surface area contributed by atoms with Crippen LogP contribution in [0.15, 0.2) is 0 Å². The third kappa shape index (κ3) is 31.1. The molecule has 3 N–H and O–H groups in total. The number of hydrogen-bond acceptors (Lipinski definition) is 5. The maximum atomic E-state index is 11.3. The standard InChI is InChI=1S/C37H77N.C8H17NO5S/c1-3-5-7-9-11-13-15-17-19-21-23-25-27-29-31-33-35-37(38)36-34-32-30-28-26-24-22-20-18-16-14-12-10-8-6-4-2;1-5-6-8(7(10)11,9(2,3)4)15(12,13)14/h37H,3-36,38H2,1-2H3;5-6H2,1-4H3,(H-,10,11,12,13,14). The molecular formula is C45H94N2O5S. The van der Waals surface area contributed by atoms with E-state index in [0.29, 0.717) is 12.5 Å². The third-order valence-corrected chi connectivity index (χ3v) is 13.0. The number of nitrogens with zero attached hydrogens (tertiary/aromatic N) is 1. The molecule has 0 aromatic heterocycles. The monoisotopic (exact) mass is 775 g/mol. The lowest BCUT2D eigenvalue weighted by Crippen LogP contribution is -2.69. The van der Waals surface area contributed by atoms with Crippen LogP contribution in [-0.2, 0) is 14.9 Å². The van der Waals surface area contributed by atoms with Crippen LogP contribution in [0.5, 0.6) is 0 Å². The second-order valence-electron chi connectivity index (χ2n) is 17.3. The molecule has 53 heavy (non-hydrogen) atoms. The smallest absolute Gasteiger partial charge is 0.328 e. The Morgan fingerprint density at radius 3 is 0.887 bits per heavy atom. The molecule has 0 aromatic rings. The number of unbranched alkanes of at least 4 members (excludes halogenated alkanes) is 30. The number of carbonyl (C=O) groups is 1. The highest BCUT2D eigenvalue weighted by Gasteiger charge is 2.55. The van der Waals surface area contributed by atoms with Crippen LogP contribution in [0.1, 0.15) is 252 Å². The molecule has 0 spiro atoms. The summed E-state index contributed by atoms with van der Waals surface area (Å²) >= 11 is 0.